The van der Waals surface area contributed by atoms with Crippen molar-refractivity contribution in [1.82, 2.24) is 9.78 Å². The minimum Gasteiger partial charge on any atom is -0.465 e. The number of hydrogen-bond acceptors (Lipinski definition) is 3. The van der Waals surface area contributed by atoms with E-state index in [0.717, 1.165) is 5.69 Å². The number of benzene rings is 1. The Labute approximate surface area is 104 Å². The molecule has 0 aliphatic rings. The molecule has 4 nitrogen and oxygen atoms in total. The monoisotopic (exact) mass is 248 g/mol. The van der Waals surface area contributed by atoms with E-state index in [-0.39, 0.29) is 5.56 Å². The summed E-state index contributed by atoms with van der Waals surface area (Å²) >= 11 is 0. The molecule has 0 aliphatic carbocycles. The van der Waals surface area contributed by atoms with E-state index in [1.54, 1.807) is 29.1 Å². The van der Waals surface area contributed by atoms with Crippen molar-refractivity contribution < 1.29 is 13.9 Å². The number of alkyl halides is 1. The highest BCUT2D eigenvalue weighted by Crippen LogP contribution is 2.17. The van der Waals surface area contributed by atoms with Crippen molar-refractivity contribution in [3.8, 4) is 5.69 Å². The molecule has 0 amide bonds. The lowest BCUT2D eigenvalue weighted by Gasteiger charge is -2.08. The van der Waals surface area contributed by atoms with Crippen molar-refractivity contribution in [3.63, 3.8) is 0 Å². The number of halogens is 1. The standard InChI is InChI=1S/C13H13FN2O2/c1-9-5-6-16(15-9)11-3-4-12(13(17)18-2)10(7-11)8-14/h3-7H,8H2,1-2H3. The molecular formula is C13H13FN2O2. The van der Waals surface area contributed by atoms with Crippen LogP contribution >= 0.6 is 0 Å². The number of nitrogens with zero attached hydrogens (tertiary/aromatic N) is 2. The number of aryl methyl sites for hydroxylation is 1. The van der Waals surface area contributed by atoms with Gasteiger partial charge in [-0.25, -0.2) is 13.9 Å². The lowest BCUT2D eigenvalue weighted by Crippen LogP contribution is -2.06. The van der Waals surface area contributed by atoms with E-state index in [4.69, 9.17) is 0 Å². The summed E-state index contributed by atoms with van der Waals surface area (Å²) in [5.74, 6) is -0.536. The molecule has 0 atom stereocenters. The maximum Gasteiger partial charge on any atom is 0.338 e. The Morgan fingerprint density at radius 3 is 2.78 bits per heavy atom. The molecule has 0 bridgehead atoms. The van der Waals surface area contributed by atoms with Crippen LogP contribution in [0.25, 0.3) is 5.69 Å². The third-order valence-corrected chi connectivity index (χ3v) is 2.63. The van der Waals surface area contributed by atoms with Gasteiger partial charge >= 0.3 is 5.97 Å². The lowest BCUT2D eigenvalue weighted by atomic mass is 10.1. The number of aromatic nitrogens is 2. The first-order valence-electron chi connectivity index (χ1n) is 5.45. The van der Waals surface area contributed by atoms with Gasteiger partial charge in [0, 0.05) is 6.20 Å². The van der Waals surface area contributed by atoms with Gasteiger partial charge in [0.05, 0.1) is 24.1 Å². The van der Waals surface area contributed by atoms with Crippen molar-refractivity contribution in [1.29, 1.82) is 0 Å². The van der Waals surface area contributed by atoms with Crippen LogP contribution in [0.5, 0.6) is 0 Å². The number of ether oxygens (including phenoxy) is 1. The molecule has 0 spiro atoms. The molecule has 0 unspecified atom stereocenters. The van der Waals surface area contributed by atoms with Crippen LogP contribution in [0.2, 0.25) is 0 Å². The molecule has 1 aromatic heterocycles. The summed E-state index contributed by atoms with van der Waals surface area (Å²) in [6.45, 7) is 1.15. The number of methoxy groups -OCH3 is 1. The summed E-state index contributed by atoms with van der Waals surface area (Å²) in [5.41, 5.74) is 2.12. The molecule has 1 aromatic carbocycles. The number of esters is 1. The largest absolute Gasteiger partial charge is 0.465 e. The predicted molar refractivity (Wildman–Crippen MR) is 64.5 cm³/mol. The molecule has 1 heterocycles. The molecule has 94 valence electrons. The normalized spacial score (nSPS) is 10.4. The van der Waals surface area contributed by atoms with Crippen molar-refractivity contribution in [3.05, 3.63) is 47.3 Å². The maximum absolute atomic E-state index is 12.9. The Morgan fingerprint density at radius 2 is 2.22 bits per heavy atom. The van der Waals surface area contributed by atoms with Crippen LogP contribution in [-0.2, 0) is 11.4 Å². The van der Waals surface area contributed by atoms with Gasteiger partial charge in [-0.2, -0.15) is 5.10 Å². The molecule has 0 saturated heterocycles. The highest BCUT2D eigenvalue weighted by molar-refractivity contribution is 5.91. The Kier molecular flexibility index (Phi) is 3.41. The van der Waals surface area contributed by atoms with Crippen LogP contribution < -0.4 is 0 Å². The van der Waals surface area contributed by atoms with Gasteiger partial charge in [-0.1, -0.05) is 0 Å². The fourth-order valence-corrected chi connectivity index (χ4v) is 1.70. The molecular weight excluding hydrogens is 235 g/mol. The van der Waals surface area contributed by atoms with E-state index in [9.17, 15) is 9.18 Å². The fraction of sp³-hybridized carbons (Fsp3) is 0.231. The second kappa shape index (κ2) is 5.00. The second-order valence-corrected chi connectivity index (χ2v) is 3.87. The van der Waals surface area contributed by atoms with Gasteiger partial charge < -0.3 is 4.74 Å². The van der Waals surface area contributed by atoms with Gasteiger partial charge in [-0.15, -0.1) is 0 Å². The predicted octanol–water partition coefficient (Wildman–Crippen LogP) is 2.44. The Bertz CT molecular complexity index is 578. The molecule has 2 rings (SSSR count). The van der Waals surface area contributed by atoms with E-state index in [1.807, 2.05) is 13.0 Å². The summed E-state index contributed by atoms with van der Waals surface area (Å²) in [4.78, 5) is 11.4. The van der Waals surface area contributed by atoms with Crippen LogP contribution in [-0.4, -0.2) is 22.9 Å². The van der Waals surface area contributed by atoms with Crippen molar-refractivity contribution >= 4 is 5.97 Å². The van der Waals surface area contributed by atoms with Gasteiger partial charge in [0.2, 0.25) is 0 Å². The zero-order chi connectivity index (χ0) is 13.1. The Hall–Kier alpha value is -2.17. The smallest absolute Gasteiger partial charge is 0.338 e. The molecule has 0 saturated carbocycles. The molecule has 0 radical (unpaired) electrons. The fourth-order valence-electron chi connectivity index (χ4n) is 1.70. The third kappa shape index (κ3) is 2.25. The highest BCUT2D eigenvalue weighted by Gasteiger charge is 2.13. The van der Waals surface area contributed by atoms with E-state index in [0.29, 0.717) is 11.3 Å². The highest BCUT2D eigenvalue weighted by atomic mass is 19.1. The van der Waals surface area contributed by atoms with Gasteiger partial charge in [0.15, 0.2) is 0 Å². The average Bonchev–Trinajstić information content (AvgIpc) is 2.83. The van der Waals surface area contributed by atoms with E-state index < -0.39 is 12.6 Å². The van der Waals surface area contributed by atoms with Crippen LogP contribution in [0.1, 0.15) is 21.6 Å². The minimum atomic E-state index is -0.724. The Balaban J connectivity index is 2.44. The van der Waals surface area contributed by atoms with Gasteiger partial charge in [0.25, 0.3) is 0 Å². The first-order chi connectivity index (χ1) is 8.65. The quantitative estimate of drug-likeness (QED) is 0.783. The van der Waals surface area contributed by atoms with Gasteiger partial charge in [0.1, 0.15) is 6.67 Å². The summed E-state index contributed by atoms with van der Waals surface area (Å²) in [5, 5.41) is 4.23. The molecule has 18 heavy (non-hydrogen) atoms. The van der Waals surface area contributed by atoms with E-state index in [2.05, 4.69) is 9.84 Å². The summed E-state index contributed by atoms with van der Waals surface area (Å²) in [6, 6.07) is 6.70. The zero-order valence-electron chi connectivity index (χ0n) is 10.2. The Morgan fingerprint density at radius 1 is 1.44 bits per heavy atom. The second-order valence-electron chi connectivity index (χ2n) is 3.87. The van der Waals surface area contributed by atoms with Crippen LogP contribution in [0.15, 0.2) is 30.5 Å². The van der Waals surface area contributed by atoms with E-state index >= 15 is 0 Å². The summed E-state index contributed by atoms with van der Waals surface area (Å²) in [6.07, 6.45) is 1.78. The number of rotatable bonds is 3. The molecule has 0 fully saturated rings. The molecule has 0 N–H and O–H groups in total. The SMILES string of the molecule is COC(=O)c1ccc(-n2ccc(C)n2)cc1CF. The topological polar surface area (TPSA) is 44.1 Å². The average molecular weight is 248 g/mol. The summed E-state index contributed by atoms with van der Waals surface area (Å²) < 4.78 is 19.2. The number of carbonyl (C=O) groups is 1. The maximum atomic E-state index is 12.9. The zero-order valence-corrected chi connectivity index (χ0v) is 10.2. The molecule has 2 aromatic rings. The van der Waals surface area contributed by atoms with Gasteiger partial charge in [-0.05, 0) is 36.8 Å². The lowest BCUT2D eigenvalue weighted by molar-refractivity contribution is 0.0598. The number of carbonyl (C=O) groups excluding carboxylic acids is 1. The minimum absolute atomic E-state index is 0.243. The molecule has 0 aliphatic heterocycles. The van der Waals surface area contributed by atoms with Gasteiger partial charge in [-0.3, -0.25) is 0 Å². The molecule has 5 heteroatoms. The van der Waals surface area contributed by atoms with Crippen molar-refractivity contribution in [2.45, 2.75) is 13.6 Å². The number of hydrogen-bond donors (Lipinski definition) is 0. The van der Waals surface area contributed by atoms with Crippen LogP contribution in [0.4, 0.5) is 4.39 Å². The van der Waals surface area contributed by atoms with Crippen molar-refractivity contribution in [2.75, 3.05) is 7.11 Å². The third-order valence-electron chi connectivity index (χ3n) is 2.63. The first-order valence-corrected chi connectivity index (χ1v) is 5.45. The first kappa shape index (κ1) is 12.3. The van der Waals surface area contributed by atoms with Crippen molar-refractivity contribution in [2.24, 2.45) is 0 Å². The summed E-state index contributed by atoms with van der Waals surface area (Å²) in [7, 11) is 1.27. The van der Waals surface area contributed by atoms with Crippen LogP contribution in [0, 0.1) is 6.92 Å². The van der Waals surface area contributed by atoms with E-state index in [1.165, 1.54) is 7.11 Å². The van der Waals surface area contributed by atoms with Crippen LogP contribution in [0.3, 0.4) is 0 Å².